The van der Waals surface area contributed by atoms with Gasteiger partial charge in [-0.25, -0.2) is 4.79 Å². The molecule has 0 amide bonds. The third-order valence-corrected chi connectivity index (χ3v) is 4.43. The summed E-state index contributed by atoms with van der Waals surface area (Å²) in [5, 5.41) is 4.17. The van der Waals surface area contributed by atoms with Crippen LogP contribution in [0, 0.1) is 0 Å². The van der Waals surface area contributed by atoms with Crippen LogP contribution >= 0.6 is 27.3 Å². The van der Waals surface area contributed by atoms with Crippen LogP contribution < -0.4 is 5.69 Å². The molecule has 86 valence electrons. The van der Waals surface area contributed by atoms with E-state index in [0.29, 0.717) is 0 Å². The first kappa shape index (κ1) is 10.8. The zero-order valence-corrected chi connectivity index (χ0v) is 11.1. The van der Waals surface area contributed by atoms with Crippen molar-refractivity contribution in [3.8, 4) is 0 Å². The molecule has 3 aromatic rings. The Hall–Kier alpha value is -1.33. The van der Waals surface area contributed by atoms with Crippen LogP contribution in [0.3, 0.4) is 0 Å². The lowest BCUT2D eigenvalue weighted by Gasteiger charge is -2.08. The molecule has 1 unspecified atom stereocenters. The maximum atomic E-state index is 11.2. The molecule has 3 nitrogen and oxygen atoms in total. The number of benzene rings is 1. The van der Waals surface area contributed by atoms with E-state index in [1.165, 1.54) is 5.56 Å². The second kappa shape index (κ2) is 4.16. The molecule has 0 aliphatic carbocycles. The third-order valence-electron chi connectivity index (χ3n) is 2.67. The lowest BCUT2D eigenvalue weighted by molar-refractivity contribution is 1.20. The number of halogens is 1. The average molecular weight is 309 g/mol. The summed E-state index contributed by atoms with van der Waals surface area (Å²) in [6, 6.07) is 8.02. The lowest BCUT2D eigenvalue weighted by Crippen LogP contribution is -1.99. The van der Waals surface area contributed by atoms with Crippen molar-refractivity contribution in [3.05, 3.63) is 56.6 Å². The highest BCUT2D eigenvalue weighted by molar-refractivity contribution is 9.09. The van der Waals surface area contributed by atoms with Gasteiger partial charge < -0.3 is 9.97 Å². The Balaban J connectivity index is 2.08. The predicted octanol–water partition coefficient (Wildman–Crippen LogP) is 3.40. The third kappa shape index (κ3) is 1.96. The molecule has 0 aliphatic rings. The number of aromatic nitrogens is 2. The molecule has 0 aliphatic heterocycles. The Morgan fingerprint density at radius 3 is 2.71 bits per heavy atom. The van der Waals surface area contributed by atoms with Gasteiger partial charge in [-0.1, -0.05) is 22.0 Å². The van der Waals surface area contributed by atoms with Crippen molar-refractivity contribution >= 4 is 38.3 Å². The van der Waals surface area contributed by atoms with Crippen LogP contribution in [0.2, 0.25) is 0 Å². The molecule has 17 heavy (non-hydrogen) atoms. The van der Waals surface area contributed by atoms with Gasteiger partial charge in [-0.3, -0.25) is 0 Å². The van der Waals surface area contributed by atoms with Crippen molar-refractivity contribution in [3.63, 3.8) is 0 Å². The summed E-state index contributed by atoms with van der Waals surface area (Å²) in [6.45, 7) is 0. The first-order valence-electron chi connectivity index (χ1n) is 5.12. The number of imidazole rings is 1. The van der Waals surface area contributed by atoms with Gasteiger partial charge >= 0.3 is 5.69 Å². The lowest BCUT2D eigenvalue weighted by atomic mass is 10.1. The van der Waals surface area contributed by atoms with E-state index < -0.39 is 0 Å². The molecule has 0 fully saturated rings. The van der Waals surface area contributed by atoms with Crippen molar-refractivity contribution in [1.82, 2.24) is 9.97 Å². The van der Waals surface area contributed by atoms with E-state index in [2.05, 4.69) is 42.7 Å². The molecule has 2 aromatic heterocycles. The minimum atomic E-state index is -0.168. The number of hydrogen-bond acceptors (Lipinski definition) is 2. The molecule has 0 saturated heterocycles. The molecular weight excluding hydrogens is 300 g/mol. The van der Waals surface area contributed by atoms with Crippen LogP contribution in [-0.2, 0) is 0 Å². The maximum Gasteiger partial charge on any atom is 0.323 e. The van der Waals surface area contributed by atoms with Crippen molar-refractivity contribution in [2.45, 2.75) is 4.83 Å². The van der Waals surface area contributed by atoms with Crippen LogP contribution in [0.1, 0.15) is 16.0 Å². The van der Waals surface area contributed by atoms with E-state index in [0.717, 1.165) is 16.6 Å². The number of aromatic amines is 2. The fraction of sp³-hybridized carbons (Fsp3) is 0.0833. The first-order chi connectivity index (χ1) is 8.24. The fourth-order valence-electron chi connectivity index (χ4n) is 1.82. The highest BCUT2D eigenvalue weighted by Gasteiger charge is 2.11. The van der Waals surface area contributed by atoms with Gasteiger partial charge in [-0.2, -0.15) is 11.3 Å². The van der Waals surface area contributed by atoms with Gasteiger partial charge in [0.25, 0.3) is 0 Å². The number of hydrogen-bond donors (Lipinski definition) is 2. The Morgan fingerprint density at radius 2 is 1.94 bits per heavy atom. The number of alkyl halides is 1. The van der Waals surface area contributed by atoms with E-state index in [1.807, 2.05) is 18.2 Å². The van der Waals surface area contributed by atoms with Crippen molar-refractivity contribution in [1.29, 1.82) is 0 Å². The quantitative estimate of drug-likeness (QED) is 0.700. The van der Waals surface area contributed by atoms with Crippen LogP contribution in [0.5, 0.6) is 0 Å². The van der Waals surface area contributed by atoms with E-state index in [4.69, 9.17) is 0 Å². The molecule has 2 heterocycles. The normalized spacial score (nSPS) is 13.0. The largest absolute Gasteiger partial charge is 0.323 e. The molecular formula is C12H9BrN2OS. The Bertz CT molecular complexity index is 699. The van der Waals surface area contributed by atoms with Gasteiger partial charge in [0.15, 0.2) is 0 Å². The molecule has 0 radical (unpaired) electrons. The Morgan fingerprint density at radius 1 is 1.12 bits per heavy atom. The topological polar surface area (TPSA) is 48.6 Å². The maximum absolute atomic E-state index is 11.2. The Labute approximate surface area is 110 Å². The summed E-state index contributed by atoms with van der Waals surface area (Å²) < 4.78 is 0. The standard InChI is InChI=1S/C12H9BrN2OS/c13-11(8-3-4-17-6-8)7-1-2-9-10(5-7)15-12(16)14-9/h1-6,11H,(H2,14,15,16). The van der Waals surface area contributed by atoms with Crippen molar-refractivity contribution < 1.29 is 0 Å². The molecule has 3 rings (SSSR count). The van der Waals surface area contributed by atoms with Gasteiger partial charge in [-0.15, -0.1) is 0 Å². The second-order valence-corrected chi connectivity index (χ2v) is 5.50. The summed E-state index contributed by atoms with van der Waals surface area (Å²) in [4.78, 5) is 16.8. The van der Waals surface area contributed by atoms with Gasteiger partial charge in [0.1, 0.15) is 0 Å². The number of H-pyrrole nitrogens is 2. The number of nitrogens with one attached hydrogen (secondary N) is 2. The summed E-state index contributed by atoms with van der Waals surface area (Å²) in [7, 11) is 0. The SMILES string of the molecule is O=c1[nH]c2ccc(C(Br)c3ccsc3)cc2[nH]1. The first-order valence-corrected chi connectivity index (χ1v) is 6.98. The van der Waals surface area contributed by atoms with E-state index >= 15 is 0 Å². The van der Waals surface area contributed by atoms with E-state index in [9.17, 15) is 4.79 Å². The molecule has 0 bridgehead atoms. The second-order valence-electron chi connectivity index (χ2n) is 3.80. The number of thiophene rings is 1. The monoisotopic (exact) mass is 308 g/mol. The fourth-order valence-corrected chi connectivity index (χ4v) is 3.25. The minimum absolute atomic E-state index is 0.163. The zero-order chi connectivity index (χ0) is 11.8. The van der Waals surface area contributed by atoms with Crippen molar-refractivity contribution in [2.75, 3.05) is 0 Å². The van der Waals surface area contributed by atoms with Crippen LogP contribution in [0.4, 0.5) is 0 Å². The highest BCUT2D eigenvalue weighted by atomic mass is 79.9. The van der Waals surface area contributed by atoms with Gasteiger partial charge in [0.05, 0.1) is 15.9 Å². The van der Waals surface area contributed by atoms with Crippen LogP contribution in [0.25, 0.3) is 11.0 Å². The summed E-state index contributed by atoms with van der Waals surface area (Å²) >= 11 is 5.35. The van der Waals surface area contributed by atoms with Gasteiger partial charge in [0.2, 0.25) is 0 Å². The molecule has 5 heteroatoms. The molecule has 0 spiro atoms. The summed E-state index contributed by atoms with van der Waals surface area (Å²) in [5.74, 6) is 0. The van der Waals surface area contributed by atoms with E-state index in [-0.39, 0.29) is 10.5 Å². The van der Waals surface area contributed by atoms with E-state index in [1.54, 1.807) is 11.3 Å². The smallest absolute Gasteiger partial charge is 0.306 e. The number of rotatable bonds is 2. The van der Waals surface area contributed by atoms with Crippen molar-refractivity contribution in [2.24, 2.45) is 0 Å². The molecule has 1 aromatic carbocycles. The minimum Gasteiger partial charge on any atom is -0.306 e. The van der Waals surface area contributed by atoms with Crippen LogP contribution in [-0.4, -0.2) is 9.97 Å². The predicted molar refractivity (Wildman–Crippen MR) is 74.0 cm³/mol. The zero-order valence-electron chi connectivity index (χ0n) is 8.74. The number of fused-ring (bicyclic) bond motifs is 1. The van der Waals surface area contributed by atoms with Crippen LogP contribution in [0.15, 0.2) is 39.8 Å². The molecule has 2 N–H and O–H groups in total. The molecule has 1 atom stereocenters. The summed E-state index contributed by atoms with van der Waals surface area (Å²) in [5.41, 5.74) is 3.87. The highest BCUT2D eigenvalue weighted by Crippen LogP contribution is 2.32. The molecule has 0 saturated carbocycles. The van der Waals surface area contributed by atoms with Gasteiger partial charge in [-0.05, 0) is 40.1 Å². The van der Waals surface area contributed by atoms with Gasteiger partial charge in [0, 0.05) is 0 Å². The average Bonchev–Trinajstić information content (AvgIpc) is 2.94. The Kier molecular flexibility index (Phi) is 2.64. The summed E-state index contributed by atoms with van der Waals surface area (Å²) in [6.07, 6.45) is 0.